The van der Waals surface area contributed by atoms with Crippen LogP contribution in [0.5, 0.6) is 0 Å². The Labute approximate surface area is 192 Å². The minimum atomic E-state index is 0. The summed E-state index contributed by atoms with van der Waals surface area (Å²) in [6.07, 6.45) is 5.63. The zero-order chi connectivity index (χ0) is 19.3. The molecular weight excluding hydrogens is 483 g/mol. The topological polar surface area (TPSA) is 59.9 Å². The standard InChI is InChI=1S/C21H38N4OS.HI/c1-3-6-18(10-13-26)15-23-21(22-4-2)24-16-19-8-11-25(12-9-19)17-20-7-5-14-27-20;/h5,7,14,18-19,26H,3-4,6,8-13,15-17H2,1-2H3,(H2,22,23,24);1H. The van der Waals surface area contributed by atoms with Crippen LogP contribution in [0.4, 0.5) is 0 Å². The number of aliphatic imine (C=N–C) groups is 1. The SMILES string of the molecule is CCCC(CCO)CN=C(NCC)NCC1CCN(Cc2cccs2)CC1.I. The molecule has 0 spiro atoms. The molecule has 1 aromatic rings. The number of nitrogens with zero attached hydrogens (tertiary/aromatic N) is 2. The monoisotopic (exact) mass is 522 g/mol. The van der Waals surface area contributed by atoms with Crippen LogP contribution in [-0.4, -0.2) is 55.3 Å². The van der Waals surface area contributed by atoms with Crippen LogP contribution in [0.25, 0.3) is 0 Å². The number of halogens is 1. The molecule has 1 aromatic heterocycles. The lowest BCUT2D eigenvalue weighted by Crippen LogP contribution is -2.43. The van der Waals surface area contributed by atoms with Crippen molar-refractivity contribution in [2.45, 2.75) is 52.5 Å². The second-order valence-electron chi connectivity index (χ2n) is 7.57. The van der Waals surface area contributed by atoms with E-state index in [9.17, 15) is 5.11 Å². The van der Waals surface area contributed by atoms with Gasteiger partial charge in [-0.2, -0.15) is 0 Å². The van der Waals surface area contributed by atoms with Crippen molar-refractivity contribution in [2.75, 3.05) is 39.3 Å². The van der Waals surface area contributed by atoms with Gasteiger partial charge in [0.15, 0.2) is 5.96 Å². The minimum Gasteiger partial charge on any atom is -0.396 e. The Morgan fingerprint density at radius 2 is 2.07 bits per heavy atom. The van der Waals surface area contributed by atoms with Gasteiger partial charge in [-0.25, -0.2) is 0 Å². The Morgan fingerprint density at radius 3 is 2.68 bits per heavy atom. The van der Waals surface area contributed by atoms with E-state index in [1.807, 2.05) is 11.3 Å². The first-order chi connectivity index (χ1) is 13.2. The highest BCUT2D eigenvalue weighted by Crippen LogP contribution is 2.20. The predicted octanol–water partition coefficient (Wildman–Crippen LogP) is 3.93. The number of rotatable bonds is 11. The van der Waals surface area contributed by atoms with Crippen molar-refractivity contribution in [3.05, 3.63) is 22.4 Å². The van der Waals surface area contributed by atoms with E-state index in [1.54, 1.807) is 0 Å². The van der Waals surface area contributed by atoms with Gasteiger partial charge < -0.3 is 15.7 Å². The van der Waals surface area contributed by atoms with Crippen LogP contribution in [0.2, 0.25) is 0 Å². The first-order valence-electron chi connectivity index (χ1n) is 10.6. The number of aliphatic hydroxyl groups excluding tert-OH is 1. The lowest BCUT2D eigenvalue weighted by atomic mass is 9.97. The number of hydrogen-bond acceptors (Lipinski definition) is 4. The van der Waals surface area contributed by atoms with Crippen molar-refractivity contribution in [3.8, 4) is 0 Å². The number of aliphatic hydroxyl groups is 1. The van der Waals surface area contributed by atoms with Gasteiger partial charge in [0, 0.05) is 37.7 Å². The third kappa shape index (κ3) is 9.89. The first kappa shape index (κ1) is 25.7. The number of piperidine rings is 1. The normalized spacial score (nSPS) is 17.2. The summed E-state index contributed by atoms with van der Waals surface area (Å²) in [5.41, 5.74) is 0. The van der Waals surface area contributed by atoms with E-state index in [0.29, 0.717) is 5.92 Å². The van der Waals surface area contributed by atoms with Crippen LogP contribution in [0.1, 0.15) is 50.8 Å². The van der Waals surface area contributed by atoms with Crippen LogP contribution >= 0.6 is 35.3 Å². The average Bonchev–Trinajstić information content (AvgIpc) is 3.18. The maximum atomic E-state index is 9.22. The molecule has 0 amide bonds. The largest absolute Gasteiger partial charge is 0.396 e. The Morgan fingerprint density at radius 1 is 1.29 bits per heavy atom. The van der Waals surface area contributed by atoms with Gasteiger partial charge >= 0.3 is 0 Å². The van der Waals surface area contributed by atoms with Crippen molar-refractivity contribution < 1.29 is 5.11 Å². The highest BCUT2D eigenvalue weighted by Gasteiger charge is 2.19. The second kappa shape index (κ2) is 15.5. The molecule has 0 radical (unpaired) electrons. The van der Waals surface area contributed by atoms with Crippen molar-refractivity contribution in [2.24, 2.45) is 16.8 Å². The fourth-order valence-electron chi connectivity index (χ4n) is 3.69. The summed E-state index contributed by atoms with van der Waals surface area (Å²) in [6, 6.07) is 4.38. The summed E-state index contributed by atoms with van der Waals surface area (Å²) in [5.74, 6) is 2.13. The highest BCUT2D eigenvalue weighted by atomic mass is 127. The first-order valence-corrected chi connectivity index (χ1v) is 11.5. The molecule has 7 heteroatoms. The van der Waals surface area contributed by atoms with Crippen LogP contribution in [0.15, 0.2) is 22.5 Å². The number of nitrogens with one attached hydrogen (secondary N) is 2. The van der Waals surface area contributed by atoms with Gasteiger partial charge in [-0.15, -0.1) is 35.3 Å². The Bertz CT molecular complexity index is 512. The molecule has 0 aromatic carbocycles. The van der Waals surface area contributed by atoms with Crippen molar-refractivity contribution in [1.82, 2.24) is 15.5 Å². The number of hydrogen-bond donors (Lipinski definition) is 3. The molecular formula is C21H39IN4OS. The smallest absolute Gasteiger partial charge is 0.191 e. The molecule has 0 saturated carbocycles. The van der Waals surface area contributed by atoms with Crippen LogP contribution in [0.3, 0.4) is 0 Å². The van der Waals surface area contributed by atoms with Crippen LogP contribution in [0, 0.1) is 11.8 Å². The molecule has 1 atom stereocenters. The van der Waals surface area contributed by atoms with Crippen LogP contribution in [-0.2, 0) is 6.54 Å². The zero-order valence-corrected chi connectivity index (χ0v) is 20.7. The van der Waals surface area contributed by atoms with E-state index in [4.69, 9.17) is 4.99 Å². The molecule has 28 heavy (non-hydrogen) atoms. The maximum Gasteiger partial charge on any atom is 0.191 e. The van der Waals surface area contributed by atoms with Crippen LogP contribution < -0.4 is 10.6 Å². The van der Waals surface area contributed by atoms with Gasteiger partial charge in [0.05, 0.1) is 0 Å². The Kier molecular flexibility index (Phi) is 14.2. The summed E-state index contributed by atoms with van der Waals surface area (Å²) < 4.78 is 0. The second-order valence-corrected chi connectivity index (χ2v) is 8.60. The lowest BCUT2D eigenvalue weighted by Gasteiger charge is -2.32. The van der Waals surface area contributed by atoms with E-state index < -0.39 is 0 Å². The summed E-state index contributed by atoms with van der Waals surface area (Å²) in [4.78, 5) is 8.82. The third-order valence-corrected chi connectivity index (χ3v) is 6.17. The molecule has 3 N–H and O–H groups in total. The molecule has 2 rings (SSSR count). The molecule has 1 aliphatic heterocycles. The van der Waals surface area contributed by atoms with Gasteiger partial charge in [0.25, 0.3) is 0 Å². The van der Waals surface area contributed by atoms with Gasteiger partial charge in [-0.3, -0.25) is 9.89 Å². The van der Waals surface area contributed by atoms with Crippen molar-refractivity contribution >= 4 is 41.3 Å². The summed E-state index contributed by atoms with van der Waals surface area (Å²) in [6.45, 7) is 10.7. The summed E-state index contributed by atoms with van der Waals surface area (Å²) >= 11 is 1.86. The van der Waals surface area contributed by atoms with Crippen molar-refractivity contribution in [3.63, 3.8) is 0 Å². The average molecular weight is 523 g/mol. The van der Waals surface area contributed by atoms with E-state index in [1.165, 1.54) is 30.8 Å². The highest BCUT2D eigenvalue weighted by molar-refractivity contribution is 14.0. The predicted molar refractivity (Wildman–Crippen MR) is 132 cm³/mol. The van der Waals surface area contributed by atoms with Gasteiger partial charge in [-0.05, 0) is 69.0 Å². The van der Waals surface area contributed by atoms with E-state index in [0.717, 1.165) is 57.3 Å². The Balaban J connectivity index is 0.00000392. The van der Waals surface area contributed by atoms with Gasteiger partial charge in [0.1, 0.15) is 0 Å². The Hall–Kier alpha value is -0.380. The molecule has 1 fully saturated rings. The molecule has 1 saturated heterocycles. The summed E-state index contributed by atoms with van der Waals surface area (Å²) in [7, 11) is 0. The fraction of sp³-hybridized carbons (Fsp3) is 0.762. The molecule has 0 aliphatic carbocycles. The maximum absolute atomic E-state index is 9.22. The fourth-order valence-corrected chi connectivity index (χ4v) is 4.44. The number of guanidine groups is 1. The van der Waals surface area contributed by atoms with Crippen molar-refractivity contribution in [1.29, 1.82) is 0 Å². The molecule has 5 nitrogen and oxygen atoms in total. The molecule has 1 unspecified atom stereocenters. The van der Waals surface area contributed by atoms with E-state index in [2.05, 4.69) is 46.9 Å². The van der Waals surface area contributed by atoms with E-state index >= 15 is 0 Å². The zero-order valence-electron chi connectivity index (χ0n) is 17.5. The number of thiophene rings is 1. The molecule has 162 valence electrons. The number of likely N-dealkylation sites (tertiary alicyclic amines) is 1. The molecule has 0 bridgehead atoms. The molecule has 2 heterocycles. The minimum absolute atomic E-state index is 0. The molecule has 1 aliphatic rings. The van der Waals surface area contributed by atoms with E-state index in [-0.39, 0.29) is 30.6 Å². The van der Waals surface area contributed by atoms with Gasteiger partial charge in [0.2, 0.25) is 0 Å². The lowest BCUT2D eigenvalue weighted by molar-refractivity contribution is 0.179. The van der Waals surface area contributed by atoms with Gasteiger partial charge in [-0.1, -0.05) is 19.4 Å². The summed E-state index contributed by atoms with van der Waals surface area (Å²) in [5, 5.41) is 18.3. The third-order valence-electron chi connectivity index (χ3n) is 5.31. The quantitative estimate of drug-likeness (QED) is 0.234.